The van der Waals surface area contributed by atoms with Gasteiger partial charge in [-0.05, 0) is 19.1 Å². The van der Waals surface area contributed by atoms with Crippen LogP contribution >= 0.6 is 0 Å². The zero-order chi connectivity index (χ0) is 18.0. The van der Waals surface area contributed by atoms with Gasteiger partial charge in [0.25, 0.3) is 0 Å². The molecule has 1 atom stereocenters. The summed E-state index contributed by atoms with van der Waals surface area (Å²) >= 11 is 0. The van der Waals surface area contributed by atoms with E-state index in [9.17, 15) is 18.0 Å². The molecule has 2 aliphatic heterocycles. The first kappa shape index (κ1) is 17.8. The van der Waals surface area contributed by atoms with Crippen LogP contribution in [0.1, 0.15) is 6.92 Å². The van der Waals surface area contributed by atoms with Crippen LogP contribution in [-0.2, 0) is 14.8 Å². The van der Waals surface area contributed by atoms with E-state index in [1.54, 1.807) is 37.3 Å². The molecule has 136 valence electrons. The number of amides is 3. The van der Waals surface area contributed by atoms with Gasteiger partial charge < -0.3 is 5.32 Å². The number of nitrogens with one attached hydrogen (secondary N) is 1. The van der Waals surface area contributed by atoms with Crippen molar-refractivity contribution in [1.29, 1.82) is 0 Å². The average Bonchev–Trinajstić information content (AvgIpc) is 3.07. The van der Waals surface area contributed by atoms with Gasteiger partial charge in [0.15, 0.2) is 0 Å². The second kappa shape index (κ2) is 7.11. The smallest absolute Gasteiger partial charge is 0.324 e. The molecule has 8 nitrogen and oxygen atoms in total. The monoisotopic (exact) mass is 366 g/mol. The van der Waals surface area contributed by atoms with Crippen molar-refractivity contribution in [3.63, 3.8) is 0 Å². The quantitative estimate of drug-likeness (QED) is 0.806. The van der Waals surface area contributed by atoms with Gasteiger partial charge in [-0.1, -0.05) is 18.2 Å². The molecule has 0 radical (unpaired) electrons. The van der Waals surface area contributed by atoms with E-state index < -0.39 is 16.1 Å². The maximum Gasteiger partial charge on any atom is 0.324 e. The number of urea groups is 1. The Labute approximate surface area is 147 Å². The highest BCUT2D eigenvalue weighted by Gasteiger charge is 2.35. The van der Waals surface area contributed by atoms with Gasteiger partial charge in [-0.2, -0.15) is 4.31 Å². The molecule has 1 aromatic rings. The summed E-state index contributed by atoms with van der Waals surface area (Å²) in [6.45, 7) is 4.16. The van der Waals surface area contributed by atoms with Crippen molar-refractivity contribution in [1.82, 2.24) is 19.4 Å². The number of benzene rings is 1. The molecule has 2 saturated heterocycles. The van der Waals surface area contributed by atoms with E-state index in [-0.39, 0.29) is 16.8 Å². The minimum atomic E-state index is -3.51. The molecular weight excluding hydrogens is 344 g/mol. The Kier molecular flexibility index (Phi) is 5.07. The predicted molar refractivity (Wildman–Crippen MR) is 91.3 cm³/mol. The Balaban J connectivity index is 1.62. The highest BCUT2D eigenvalue weighted by Crippen LogP contribution is 2.18. The van der Waals surface area contributed by atoms with Gasteiger partial charge in [-0.3, -0.25) is 14.6 Å². The minimum absolute atomic E-state index is 0.241. The number of piperazine rings is 1. The molecule has 0 bridgehead atoms. The van der Waals surface area contributed by atoms with E-state index >= 15 is 0 Å². The molecule has 2 fully saturated rings. The molecule has 0 aromatic heterocycles. The zero-order valence-corrected chi connectivity index (χ0v) is 14.9. The SMILES string of the molecule is C[C@@H](C(=O)N1CCNC1=O)N1CCN(S(=O)(=O)c2ccccc2)CC1. The van der Waals surface area contributed by atoms with E-state index in [1.165, 1.54) is 9.21 Å². The van der Waals surface area contributed by atoms with E-state index in [2.05, 4.69) is 5.32 Å². The van der Waals surface area contributed by atoms with Gasteiger partial charge in [-0.25, -0.2) is 13.2 Å². The van der Waals surface area contributed by atoms with E-state index in [0.29, 0.717) is 39.3 Å². The van der Waals surface area contributed by atoms with Crippen LogP contribution in [0.2, 0.25) is 0 Å². The third-order valence-corrected chi connectivity index (χ3v) is 6.60. The van der Waals surface area contributed by atoms with Crippen LogP contribution in [0.3, 0.4) is 0 Å². The molecule has 0 saturated carbocycles. The second-order valence-corrected chi connectivity index (χ2v) is 8.09. The number of sulfonamides is 1. The predicted octanol–water partition coefficient (Wildman–Crippen LogP) is -0.0668. The van der Waals surface area contributed by atoms with E-state index in [0.717, 1.165) is 0 Å². The molecule has 1 aromatic carbocycles. The molecule has 0 spiro atoms. The largest absolute Gasteiger partial charge is 0.336 e. The van der Waals surface area contributed by atoms with Crippen LogP contribution in [0, 0.1) is 0 Å². The van der Waals surface area contributed by atoms with Crippen molar-refractivity contribution in [2.75, 3.05) is 39.3 Å². The van der Waals surface area contributed by atoms with Crippen LogP contribution < -0.4 is 5.32 Å². The number of carbonyl (C=O) groups is 2. The van der Waals surface area contributed by atoms with Gasteiger partial charge in [0.2, 0.25) is 15.9 Å². The molecule has 3 amide bonds. The van der Waals surface area contributed by atoms with Gasteiger partial charge in [0.1, 0.15) is 0 Å². The van der Waals surface area contributed by atoms with Crippen molar-refractivity contribution in [3.05, 3.63) is 30.3 Å². The van der Waals surface area contributed by atoms with Crippen LogP contribution in [-0.4, -0.2) is 79.8 Å². The minimum Gasteiger partial charge on any atom is -0.336 e. The van der Waals surface area contributed by atoms with E-state index in [4.69, 9.17) is 0 Å². The molecule has 9 heteroatoms. The van der Waals surface area contributed by atoms with E-state index in [1.807, 2.05) is 4.90 Å². The van der Waals surface area contributed by atoms with Crippen molar-refractivity contribution in [3.8, 4) is 0 Å². The topological polar surface area (TPSA) is 90.0 Å². The van der Waals surface area contributed by atoms with Crippen LogP contribution in [0.5, 0.6) is 0 Å². The average molecular weight is 366 g/mol. The normalized spacial score (nSPS) is 21.2. The standard InChI is InChI=1S/C16H22N4O4S/c1-13(15(21)20-8-7-17-16(20)22)18-9-11-19(12-10-18)25(23,24)14-5-3-2-4-6-14/h2-6,13H,7-12H2,1H3,(H,17,22)/t13-/m0/s1. The molecule has 1 N–H and O–H groups in total. The Morgan fingerprint density at radius 2 is 1.72 bits per heavy atom. The summed E-state index contributed by atoms with van der Waals surface area (Å²) < 4.78 is 26.7. The number of imide groups is 1. The highest BCUT2D eigenvalue weighted by molar-refractivity contribution is 7.89. The number of carbonyl (C=O) groups excluding carboxylic acids is 2. The second-order valence-electron chi connectivity index (χ2n) is 6.15. The summed E-state index contributed by atoms with van der Waals surface area (Å²) in [6, 6.07) is 7.53. The number of nitrogens with zero attached hydrogens (tertiary/aromatic N) is 3. The summed E-state index contributed by atoms with van der Waals surface area (Å²) in [6.07, 6.45) is 0. The molecule has 3 rings (SSSR count). The third kappa shape index (κ3) is 3.53. The van der Waals surface area contributed by atoms with Crippen LogP contribution in [0.15, 0.2) is 35.2 Å². The lowest BCUT2D eigenvalue weighted by molar-refractivity contribution is -0.133. The van der Waals surface area contributed by atoms with Gasteiger partial charge in [0.05, 0.1) is 10.9 Å². The summed E-state index contributed by atoms with van der Waals surface area (Å²) in [7, 11) is -3.51. The van der Waals surface area contributed by atoms with Crippen molar-refractivity contribution in [2.45, 2.75) is 17.9 Å². The zero-order valence-electron chi connectivity index (χ0n) is 14.1. The van der Waals surface area contributed by atoms with Gasteiger partial charge >= 0.3 is 6.03 Å². The lowest BCUT2D eigenvalue weighted by Crippen LogP contribution is -2.55. The Morgan fingerprint density at radius 3 is 2.28 bits per heavy atom. The first-order chi connectivity index (χ1) is 11.9. The molecule has 0 unspecified atom stereocenters. The highest BCUT2D eigenvalue weighted by atomic mass is 32.2. The molecular formula is C16H22N4O4S. The van der Waals surface area contributed by atoms with Crippen LogP contribution in [0.4, 0.5) is 4.79 Å². The van der Waals surface area contributed by atoms with Crippen molar-refractivity contribution >= 4 is 22.0 Å². The van der Waals surface area contributed by atoms with Crippen molar-refractivity contribution < 1.29 is 18.0 Å². The summed E-state index contributed by atoms with van der Waals surface area (Å²) in [4.78, 5) is 27.5. The Bertz CT molecular complexity index is 745. The summed E-state index contributed by atoms with van der Waals surface area (Å²) in [5, 5.41) is 2.61. The summed E-state index contributed by atoms with van der Waals surface area (Å²) in [5.41, 5.74) is 0. The van der Waals surface area contributed by atoms with Gasteiger partial charge in [0, 0.05) is 39.3 Å². The molecule has 2 aliphatic rings. The number of hydrogen-bond donors (Lipinski definition) is 1. The lowest BCUT2D eigenvalue weighted by atomic mass is 10.2. The maximum absolute atomic E-state index is 12.6. The fourth-order valence-corrected chi connectivity index (χ4v) is 4.58. The maximum atomic E-state index is 12.6. The fraction of sp³-hybridized carbons (Fsp3) is 0.500. The van der Waals surface area contributed by atoms with Gasteiger partial charge in [-0.15, -0.1) is 0 Å². The third-order valence-electron chi connectivity index (χ3n) is 4.68. The Hall–Kier alpha value is -1.97. The fourth-order valence-electron chi connectivity index (χ4n) is 3.14. The molecule has 0 aliphatic carbocycles. The number of hydrogen-bond acceptors (Lipinski definition) is 5. The van der Waals surface area contributed by atoms with Crippen LogP contribution in [0.25, 0.3) is 0 Å². The molecule has 2 heterocycles. The first-order valence-corrected chi connectivity index (χ1v) is 9.74. The van der Waals surface area contributed by atoms with Crippen molar-refractivity contribution in [2.24, 2.45) is 0 Å². The number of rotatable bonds is 4. The lowest BCUT2D eigenvalue weighted by Gasteiger charge is -2.37. The summed E-state index contributed by atoms with van der Waals surface area (Å²) in [5.74, 6) is -0.241. The molecule has 25 heavy (non-hydrogen) atoms. The Morgan fingerprint density at radius 1 is 1.08 bits per heavy atom. The first-order valence-electron chi connectivity index (χ1n) is 8.30.